The zero-order valence-corrected chi connectivity index (χ0v) is 23.0. The molecule has 4 heterocycles. The zero-order chi connectivity index (χ0) is 27.9. The number of aliphatic hydroxyl groups is 1. The van der Waals surface area contributed by atoms with E-state index < -0.39 is 12.1 Å². The second kappa shape index (κ2) is 13.1. The predicted octanol–water partition coefficient (Wildman–Crippen LogP) is 3.27. The number of likely N-dealkylation sites (tertiary alicyclic amines) is 1. The Hall–Kier alpha value is -3.73. The molecule has 1 fully saturated rings. The van der Waals surface area contributed by atoms with Gasteiger partial charge in [-0.1, -0.05) is 12.1 Å². The van der Waals surface area contributed by atoms with Crippen LogP contribution < -0.4 is 19.5 Å². The third-order valence-corrected chi connectivity index (χ3v) is 7.23. The number of esters is 1. The van der Waals surface area contributed by atoms with Crippen molar-refractivity contribution in [3.63, 3.8) is 0 Å². The summed E-state index contributed by atoms with van der Waals surface area (Å²) in [5.41, 5.74) is 3.12. The molecule has 1 atom stereocenters. The van der Waals surface area contributed by atoms with Gasteiger partial charge in [0, 0.05) is 48.3 Å². The number of ether oxygens (including phenoxy) is 4. The molecule has 40 heavy (non-hydrogen) atoms. The standard InChI is InChI=1S/C30H36N4O6/c1-3-38-29(36)9-5-20-4-6-24(30-23(20)7-8-28(33-30)37-2)25(35)19-34-12-10-21(11-13-34)31-17-22-16-26-27(18-32-22)40-15-14-39-26/h4-9,16,18,21,25,31,35H,3,10-15,17,19H2,1-2H3/b9-5+. The zero-order valence-electron chi connectivity index (χ0n) is 23.0. The second-order valence-corrected chi connectivity index (χ2v) is 9.87. The first kappa shape index (κ1) is 27.8. The van der Waals surface area contributed by atoms with Gasteiger partial charge < -0.3 is 34.3 Å². The van der Waals surface area contributed by atoms with Crippen LogP contribution in [0.1, 0.15) is 42.7 Å². The lowest BCUT2D eigenvalue weighted by atomic mass is 9.98. The van der Waals surface area contributed by atoms with Crippen molar-refractivity contribution in [1.29, 1.82) is 0 Å². The normalized spacial score (nSPS) is 16.8. The maximum atomic E-state index is 11.8. The molecule has 2 aliphatic rings. The average molecular weight is 549 g/mol. The quantitative estimate of drug-likeness (QED) is 0.289. The number of nitrogens with zero attached hydrogens (tertiary/aromatic N) is 3. The highest BCUT2D eigenvalue weighted by Crippen LogP contribution is 2.31. The molecule has 1 unspecified atom stereocenters. The van der Waals surface area contributed by atoms with Crippen LogP contribution >= 0.6 is 0 Å². The van der Waals surface area contributed by atoms with Gasteiger partial charge in [0.15, 0.2) is 11.5 Å². The molecule has 1 aromatic carbocycles. The average Bonchev–Trinajstić information content (AvgIpc) is 2.99. The van der Waals surface area contributed by atoms with Crippen molar-refractivity contribution < 1.29 is 28.8 Å². The maximum absolute atomic E-state index is 11.8. The number of fused-ring (bicyclic) bond motifs is 2. The molecule has 3 aromatic rings. The van der Waals surface area contributed by atoms with E-state index in [1.54, 1.807) is 32.4 Å². The van der Waals surface area contributed by atoms with Crippen LogP contribution in [-0.2, 0) is 16.1 Å². The van der Waals surface area contributed by atoms with Gasteiger partial charge in [-0.2, -0.15) is 0 Å². The molecular formula is C30H36N4O6. The molecule has 212 valence electrons. The van der Waals surface area contributed by atoms with Gasteiger partial charge in [-0.25, -0.2) is 9.78 Å². The second-order valence-electron chi connectivity index (χ2n) is 9.87. The van der Waals surface area contributed by atoms with Gasteiger partial charge in [-0.3, -0.25) is 4.98 Å². The van der Waals surface area contributed by atoms with Crippen LogP contribution in [0, 0.1) is 0 Å². The number of β-amino-alcohol motifs (C(OH)–C–C–N with tert-alkyl or cyclic N) is 1. The van der Waals surface area contributed by atoms with Crippen LogP contribution in [0.15, 0.2) is 42.6 Å². The number of carbonyl (C=O) groups is 1. The van der Waals surface area contributed by atoms with E-state index in [2.05, 4.69) is 20.2 Å². The van der Waals surface area contributed by atoms with Crippen LogP contribution in [0.3, 0.4) is 0 Å². The summed E-state index contributed by atoms with van der Waals surface area (Å²) in [6.45, 7) is 6.12. The molecule has 2 N–H and O–H groups in total. The topological polar surface area (TPSA) is 115 Å². The van der Waals surface area contributed by atoms with Gasteiger partial charge in [0.2, 0.25) is 5.88 Å². The minimum Gasteiger partial charge on any atom is -0.486 e. The number of pyridine rings is 2. The molecule has 0 bridgehead atoms. The third kappa shape index (κ3) is 6.70. The Morgan fingerprint density at radius 1 is 1.20 bits per heavy atom. The van der Waals surface area contributed by atoms with Gasteiger partial charge in [-0.05, 0) is 50.6 Å². The molecule has 2 aromatic heterocycles. The lowest BCUT2D eigenvalue weighted by molar-refractivity contribution is -0.137. The Balaban J connectivity index is 1.20. The van der Waals surface area contributed by atoms with Crippen molar-refractivity contribution in [3.8, 4) is 17.4 Å². The minimum absolute atomic E-state index is 0.318. The van der Waals surface area contributed by atoms with E-state index >= 15 is 0 Å². The molecule has 0 amide bonds. The molecule has 10 heteroatoms. The number of aromatic nitrogens is 2. The third-order valence-electron chi connectivity index (χ3n) is 7.23. The van der Waals surface area contributed by atoms with Crippen molar-refractivity contribution in [2.24, 2.45) is 0 Å². The van der Waals surface area contributed by atoms with Crippen LogP contribution in [-0.4, -0.2) is 78.6 Å². The highest BCUT2D eigenvalue weighted by molar-refractivity contribution is 5.95. The smallest absolute Gasteiger partial charge is 0.330 e. The Morgan fingerprint density at radius 3 is 2.77 bits per heavy atom. The fourth-order valence-corrected chi connectivity index (χ4v) is 5.12. The number of hydrogen-bond donors (Lipinski definition) is 2. The summed E-state index contributed by atoms with van der Waals surface area (Å²) in [6.07, 6.45) is 6.07. The van der Waals surface area contributed by atoms with Crippen LogP contribution in [0.25, 0.3) is 17.0 Å². The number of aliphatic hydroxyl groups excluding tert-OH is 1. The van der Waals surface area contributed by atoms with Crippen LogP contribution in [0.2, 0.25) is 0 Å². The molecule has 10 nitrogen and oxygen atoms in total. The Kier molecular flexibility index (Phi) is 9.10. The summed E-state index contributed by atoms with van der Waals surface area (Å²) >= 11 is 0. The number of carbonyl (C=O) groups excluding carboxylic acids is 1. The highest BCUT2D eigenvalue weighted by atomic mass is 16.6. The van der Waals surface area contributed by atoms with Crippen molar-refractivity contribution in [2.45, 2.75) is 38.5 Å². The maximum Gasteiger partial charge on any atom is 0.330 e. The molecular weight excluding hydrogens is 512 g/mol. The van der Waals surface area contributed by atoms with E-state index in [0.717, 1.165) is 53.9 Å². The highest BCUT2D eigenvalue weighted by Gasteiger charge is 2.23. The fourth-order valence-electron chi connectivity index (χ4n) is 5.12. The largest absolute Gasteiger partial charge is 0.486 e. The molecule has 1 saturated heterocycles. The Bertz CT molecular complexity index is 1360. The summed E-state index contributed by atoms with van der Waals surface area (Å²) in [4.78, 5) is 23.2. The number of nitrogens with one attached hydrogen (secondary N) is 1. The van der Waals surface area contributed by atoms with Gasteiger partial charge in [0.1, 0.15) is 13.2 Å². The molecule has 5 rings (SSSR count). The van der Waals surface area contributed by atoms with Gasteiger partial charge in [0.25, 0.3) is 0 Å². The van der Waals surface area contributed by atoms with Crippen molar-refractivity contribution >= 4 is 22.9 Å². The monoisotopic (exact) mass is 548 g/mol. The van der Waals surface area contributed by atoms with E-state index in [1.165, 1.54) is 6.08 Å². The summed E-state index contributed by atoms with van der Waals surface area (Å²) in [7, 11) is 1.57. The first-order valence-electron chi connectivity index (χ1n) is 13.7. The minimum atomic E-state index is -0.725. The molecule has 0 radical (unpaired) electrons. The summed E-state index contributed by atoms with van der Waals surface area (Å²) in [6, 6.07) is 9.76. The van der Waals surface area contributed by atoms with Gasteiger partial charge >= 0.3 is 5.97 Å². The Labute approximate surface area is 233 Å². The lowest BCUT2D eigenvalue weighted by Crippen LogP contribution is -2.43. The molecule has 0 spiro atoms. The van der Waals surface area contributed by atoms with Crippen molar-refractivity contribution in [3.05, 3.63) is 59.4 Å². The van der Waals surface area contributed by atoms with Crippen LogP contribution in [0.4, 0.5) is 0 Å². The van der Waals surface area contributed by atoms with E-state index in [0.29, 0.717) is 56.1 Å². The number of hydrogen-bond acceptors (Lipinski definition) is 10. The summed E-state index contributed by atoms with van der Waals surface area (Å²) in [5.74, 6) is 1.52. The van der Waals surface area contributed by atoms with E-state index in [-0.39, 0.29) is 0 Å². The SMILES string of the molecule is CCOC(=O)/C=C/c1ccc(C(O)CN2CCC(NCc3cc4c(cn3)OCCO4)CC2)c2nc(OC)ccc12. The summed E-state index contributed by atoms with van der Waals surface area (Å²) in [5, 5.41) is 15.7. The molecule has 2 aliphatic heterocycles. The van der Waals surface area contributed by atoms with Crippen molar-refractivity contribution in [2.75, 3.05) is 46.6 Å². The first-order valence-corrected chi connectivity index (χ1v) is 13.7. The van der Waals surface area contributed by atoms with Gasteiger partial charge in [0.05, 0.1) is 37.2 Å². The van der Waals surface area contributed by atoms with E-state index in [9.17, 15) is 9.90 Å². The number of benzene rings is 1. The predicted molar refractivity (Wildman–Crippen MR) is 150 cm³/mol. The van der Waals surface area contributed by atoms with E-state index in [4.69, 9.17) is 18.9 Å². The number of methoxy groups -OCH3 is 1. The number of rotatable bonds is 10. The molecule has 0 saturated carbocycles. The first-order chi connectivity index (χ1) is 19.5. The van der Waals surface area contributed by atoms with Gasteiger partial charge in [-0.15, -0.1) is 0 Å². The Morgan fingerprint density at radius 2 is 2.00 bits per heavy atom. The molecule has 0 aliphatic carbocycles. The van der Waals surface area contributed by atoms with Crippen LogP contribution in [0.5, 0.6) is 17.4 Å². The van der Waals surface area contributed by atoms with Crippen molar-refractivity contribution in [1.82, 2.24) is 20.2 Å². The summed E-state index contributed by atoms with van der Waals surface area (Å²) < 4.78 is 21.6. The number of piperidine rings is 1. The van der Waals surface area contributed by atoms with E-state index in [1.807, 2.05) is 24.3 Å². The fraction of sp³-hybridized carbons (Fsp3) is 0.433. The lowest BCUT2D eigenvalue weighted by Gasteiger charge is -2.33.